The Morgan fingerprint density at radius 2 is 2.15 bits per heavy atom. The van der Waals surface area contributed by atoms with Gasteiger partial charge in [-0.3, -0.25) is 4.79 Å². The monoisotopic (exact) mass is 295 g/mol. The number of carbonyl (C=O) groups is 2. The molecule has 5 nitrogen and oxygen atoms in total. The summed E-state index contributed by atoms with van der Waals surface area (Å²) >= 11 is 1.47. The predicted molar refractivity (Wildman–Crippen MR) is 76.4 cm³/mol. The summed E-state index contributed by atoms with van der Waals surface area (Å²) in [5.41, 5.74) is 0. The fourth-order valence-electron chi connectivity index (χ4n) is 2.01. The Kier molecular flexibility index (Phi) is 5.31. The zero-order valence-electron chi connectivity index (χ0n) is 11.0. The molecule has 0 radical (unpaired) electrons. The first-order valence-corrected chi connectivity index (χ1v) is 7.32. The lowest BCUT2D eigenvalue weighted by molar-refractivity contribution is -0.131. The van der Waals surface area contributed by atoms with Gasteiger partial charge in [0.05, 0.1) is 6.54 Å². The summed E-state index contributed by atoms with van der Waals surface area (Å²) in [6.07, 6.45) is 4.22. The van der Waals surface area contributed by atoms with Gasteiger partial charge >= 0.3 is 5.97 Å². The minimum Gasteiger partial charge on any atom is -0.478 e. The molecule has 1 aromatic heterocycles. The normalized spacial score (nSPS) is 16.4. The molecule has 0 unspecified atom stereocenters. The van der Waals surface area contributed by atoms with Crippen LogP contribution in [-0.4, -0.2) is 30.2 Å². The molecule has 6 heteroatoms. The van der Waals surface area contributed by atoms with Gasteiger partial charge in [0.25, 0.3) is 0 Å². The number of nitrogens with one attached hydrogen (secondary N) is 1. The van der Waals surface area contributed by atoms with Crippen molar-refractivity contribution in [2.75, 3.05) is 13.2 Å². The van der Waals surface area contributed by atoms with Crippen molar-refractivity contribution in [3.8, 4) is 0 Å². The summed E-state index contributed by atoms with van der Waals surface area (Å²) in [6, 6.07) is 3.75. The first-order chi connectivity index (χ1) is 9.65. The molecule has 1 aliphatic rings. The lowest BCUT2D eigenvalue weighted by Crippen LogP contribution is -2.33. The van der Waals surface area contributed by atoms with Gasteiger partial charge in [-0.05, 0) is 31.1 Å². The zero-order chi connectivity index (χ0) is 14.4. The van der Waals surface area contributed by atoms with Gasteiger partial charge in [-0.2, -0.15) is 0 Å². The fraction of sp³-hybridized carbons (Fsp3) is 0.429. The second-order valence-corrected chi connectivity index (χ2v) is 5.78. The van der Waals surface area contributed by atoms with E-state index in [4.69, 9.17) is 9.84 Å². The molecule has 0 spiro atoms. The van der Waals surface area contributed by atoms with Crippen LogP contribution >= 0.6 is 11.3 Å². The second kappa shape index (κ2) is 7.21. The number of carboxylic acids is 1. The molecule has 2 rings (SSSR count). The van der Waals surface area contributed by atoms with Crippen molar-refractivity contribution in [3.05, 3.63) is 28.0 Å². The van der Waals surface area contributed by atoms with E-state index in [1.54, 1.807) is 6.08 Å². The van der Waals surface area contributed by atoms with Gasteiger partial charge in [0, 0.05) is 35.0 Å². The van der Waals surface area contributed by atoms with Crippen LogP contribution in [0, 0.1) is 5.92 Å². The number of rotatable bonds is 5. The summed E-state index contributed by atoms with van der Waals surface area (Å²) < 4.78 is 5.23. The van der Waals surface area contributed by atoms with Crippen LogP contribution in [0.4, 0.5) is 0 Å². The topological polar surface area (TPSA) is 75.6 Å². The van der Waals surface area contributed by atoms with Gasteiger partial charge in [0.2, 0.25) is 5.91 Å². The Balaban J connectivity index is 1.81. The van der Waals surface area contributed by atoms with Crippen molar-refractivity contribution >= 4 is 29.3 Å². The predicted octanol–water partition coefficient (Wildman–Crippen LogP) is 1.89. The average Bonchev–Trinajstić information content (AvgIpc) is 2.91. The highest BCUT2D eigenvalue weighted by molar-refractivity contribution is 7.12. The molecule has 0 atom stereocenters. The molecule has 20 heavy (non-hydrogen) atoms. The highest BCUT2D eigenvalue weighted by Crippen LogP contribution is 2.19. The smallest absolute Gasteiger partial charge is 0.328 e. The molecular weight excluding hydrogens is 278 g/mol. The molecule has 2 heterocycles. The summed E-state index contributed by atoms with van der Waals surface area (Å²) in [4.78, 5) is 24.2. The maximum Gasteiger partial charge on any atom is 0.328 e. The van der Waals surface area contributed by atoms with Crippen LogP contribution in [0.25, 0.3) is 6.08 Å². The van der Waals surface area contributed by atoms with Crippen molar-refractivity contribution < 1.29 is 19.4 Å². The molecule has 0 aliphatic carbocycles. The number of ether oxygens (including phenoxy) is 1. The lowest BCUT2D eigenvalue weighted by atomic mass is 9.99. The van der Waals surface area contributed by atoms with Gasteiger partial charge < -0.3 is 15.2 Å². The van der Waals surface area contributed by atoms with Crippen LogP contribution in [0.1, 0.15) is 22.6 Å². The van der Waals surface area contributed by atoms with E-state index in [-0.39, 0.29) is 11.8 Å². The van der Waals surface area contributed by atoms with E-state index >= 15 is 0 Å². The van der Waals surface area contributed by atoms with Gasteiger partial charge in [0.15, 0.2) is 0 Å². The summed E-state index contributed by atoms with van der Waals surface area (Å²) in [7, 11) is 0. The standard InChI is InChI=1S/C14H17NO4S/c16-13(17)4-3-11-1-2-12(20-11)9-15-14(18)10-5-7-19-8-6-10/h1-4,10H,5-9H2,(H,15,18)(H,16,17). The number of thiophene rings is 1. The number of aliphatic carboxylic acids is 1. The molecule has 1 aliphatic heterocycles. The number of amides is 1. The molecule has 1 fully saturated rings. The van der Waals surface area contributed by atoms with E-state index in [2.05, 4.69) is 5.32 Å². The van der Waals surface area contributed by atoms with Crippen LogP contribution in [0.3, 0.4) is 0 Å². The Labute approximate surface area is 121 Å². The van der Waals surface area contributed by atoms with Crippen LogP contribution < -0.4 is 5.32 Å². The van der Waals surface area contributed by atoms with Crippen molar-refractivity contribution in [1.29, 1.82) is 0 Å². The maximum absolute atomic E-state index is 11.9. The molecule has 1 aromatic rings. The largest absolute Gasteiger partial charge is 0.478 e. The summed E-state index contributed by atoms with van der Waals surface area (Å²) in [6.45, 7) is 1.80. The molecule has 108 valence electrons. The first-order valence-electron chi connectivity index (χ1n) is 6.50. The van der Waals surface area contributed by atoms with E-state index in [9.17, 15) is 9.59 Å². The van der Waals surface area contributed by atoms with Crippen molar-refractivity contribution in [2.45, 2.75) is 19.4 Å². The van der Waals surface area contributed by atoms with Gasteiger partial charge in [-0.25, -0.2) is 4.79 Å². The third-order valence-corrected chi connectivity index (χ3v) is 4.15. The van der Waals surface area contributed by atoms with Crippen LogP contribution in [0.15, 0.2) is 18.2 Å². The maximum atomic E-state index is 11.9. The molecule has 1 amide bonds. The average molecular weight is 295 g/mol. The van der Waals surface area contributed by atoms with E-state index in [0.717, 1.165) is 28.7 Å². The number of carbonyl (C=O) groups excluding carboxylic acids is 1. The van der Waals surface area contributed by atoms with Crippen molar-refractivity contribution in [2.24, 2.45) is 5.92 Å². The molecule has 0 aromatic carbocycles. The first kappa shape index (κ1) is 14.7. The molecular formula is C14H17NO4S. The number of carboxylic acid groups (broad SMARTS) is 1. The van der Waals surface area contributed by atoms with Crippen LogP contribution in [0.2, 0.25) is 0 Å². The minimum atomic E-state index is -0.965. The lowest BCUT2D eigenvalue weighted by Gasteiger charge is -2.20. The quantitative estimate of drug-likeness (QED) is 0.813. The van der Waals surface area contributed by atoms with E-state index in [0.29, 0.717) is 19.8 Å². The highest BCUT2D eigenvalue weighted by atomic mass is 32.1. The third kappa shape index (κ3) is 4.47. The Hall–Kier alpha value is -1.66. The van der Waals surface area contributed by atoms with E-state index < -0.39 is 5.97 Å². The zero-order valence-corrected chi connectivity index (χ0v) is 11.8. The molecule has 0 saturated carbocycles. The Morgan fingerprint density at radius 1 is 1.40 bits per heavy atom. The number of hydrogen-bond donors (Lipinski definition) is 2. The van der Waals surface area contributed by atoms with E-state index in [1.807, 2.05) is 12.1 Å². The minimum absolute atomic E-state index is 0.0510. The summed E-state index contributed by atoms with van der Waals surface area (Å²) in [5, 5.41) is 11.5. The Bertz CT molecular complexity index is 503. The fourth-order valence-corrected chi connectivity index (χ4v) is 2.87. The van der Waals surface area contributed by atoms with Crippen LogP contribution in [-0.2, 0) is 20.9 Å². The SMILES string of the molecule is O=C(O)C=Cc1ccc(CNC(=O)C2CCOCC2)s1. The van der Waals surface area contributed by atoms with Crippen LogP contribution in [0.5, 0.6) is 0 Å². The van der Waals surface area contributed by atoms with Crippen molar-refractivity contribution in [1.82, 2.24) is 5.32 Å². The molecule has 0 bridgehead atoms. The second-order valence-electron chi connectivity index (χ2n) is 4.58. The van der Waals surface area contributed by atoms with Crippen molar-refractivity contribution in [3.63, 3.8) is 0 Å². The Morgan fingerprint density at radius 3 is 2.85 bits per heavy atom. The number of hydrogen-bond acceptors (Lipinski definition) is 4. The summed E-state index contributed by atoms with van der Waals surface area (Å²) in [5.74, 6) is -0.841. The third-order valence-electron chi connectivity index (χ3n) is 3.10. The van der Waals surface area contributed by atoms with Gasteiger partial charge in [-0.15, -0.1) is 11.3 Å². The van der Waals surface area contributed by atoms with E-state index in [1.165, 1.54) is 11.3 Å². The van der Waals surface area contributed by atoms with Gasteiger partial charge in [0.1, 0.15) is 0 Å². The van der Waals surface area contributed by atoms with Gasteiger partial charge in [-0.1, -0.05) is 0 Å². The molecule has 2 N–H and O–H groups in total. The molecule has 1 saturated heterocycles. The highest BCUT2D eigenvalue weighted by Gasteiger charge is 2.21.